The standard InChI is InChI=1S/C28H22F4N4O3/c29-21-11-6-18(13-22(21)35-39-16-28(30,31)32)14-24-27(38)36-15-25(19-7-9-20(37)10-8-19)33-23(26(36)34-24)12-17-4-2-1-3-5-17/h1-11,13,15,33,35,37H,12,14,16H2/i/hD3. The molecule has 0 saturated heterocycles. The van der Waals surface area contributed by atoms with Gasteiger partial charge in [0.15, 0.2) is 15.2 Å². The molecular weight excluding hydrogens is 516 g/mol. The maximum atomic E-state index is 14.3. The Labute approximate surface area is 224 Å². The summed E-state index contributed by atoms with van der Waals surface area (Å²) in [6.07, 6.45) is -3.12. The summed E-state index contributed by atoms with van der Waals surface area (Å²) in [5.74, 6) is -0.467. The van der Waals surface area contributed by atoms with Gasteiger partial charge in [-0.2, -0.15) is 13.2 Å². The number of anilines is 1. The van der Waals surface area contributed by atoms with Gasteiger partial charge in [0.1, 0.15) is 17.3 Å². The van der Waals surface area contributed by atoms with E-state index in [1.807, 2.05) is 30.3 Å². The van der Waals surface area contributed by atoms with Crippen LogP contribution in [0.5, 0.6) is 5.75 Å². The maximum absolute atomic E-state index is 14.3. The lowest BCUT2D eigenvalue weighted by Crippen LogP contribution is -2.20. The Kier molecular flexibility index (Phi) is 6.09. The van der Waals surface area contributed by atoms with E-state index in [0.29, 0.717) is 28.3 Å². The molecule has 0 bridgehead atoms. The van der Waals surface area contributed by atoms with E-state index in [1.165, 1.54) is 21.8 Å². The van der Waals surface area contributed by atoms with Crippen LogP contribution in [0.2, 0.25) is 2.82 Å². The number of nitrogens with one attached hydrogen (secondary N) is 2. The van der Waals surface area contributed by atoms with Crippen molar-refractivity contribution in [1.82, 2.24) is 14.5 Å². The molecule has 11 heteroatoms. The number of benzene rings is 3. The van der Waals surface area contributed by atoms with Crippen molar-refractivity contribution in [3.05, 3.63) is 118 Å². The van der Waals surface area contributed by atoms with Crippen LogP contribution in [0.25, 0.3) is 17.1 Å². The van der Waals surface area contributed by atoms with Gasteiger partial charge in [-0.1, -0.05) is 36.4 Å². The number of hydrogen-bond donors (Lipinski definition) is 3. The Bertz CT molecular complexity index is 1730. The zero-order valence-electron chi connectivity index (χ0n) is 23.2. The zero-order valence-corrected chi connectivity index (χ0v) is 20.2. The first-order valence-corrected chi connectivity index (χ1v) is 11.7. The first-order valence-electron chi connectivity index (χ1n) is 13.0. The number of H-pyrrole nitrogens is 1. The van der Waals surface area contributed by atoms with Gasteiger partial charge in [-0.05, 0) is 53.1 Å². The van der Waals surface area contributed by atoms with Gasteiger partial charge in [0.2, 0.25) is 0 Å². The van der Waals surface area contributed by atoms with Crippen LogP contribution in [0.3, 0.4) is 0 Å². The normalized spacial score (nSPS) is 12.7. The predicted octanol–water partition coefficient (Wildman–Crippen LogP) is 5.60. The molecule has 200 valence electrons. The fraction of sp³-hybridized carbons (Fsp3) is 0.143. The summed E-state index contributed by atoms with van der Waals surface area (Å²) in [7, 11) is 0. The predicted molar refractivity (Wildman–Crippen MR) is 137 cm³/mol. The zero-order chi connectivity index (χ0) is 30.0. The van der Waals surface area contributed by atoms with E-state index in [0.717, 1.165) is 17.7 Å². The minimum atomic E-state index is -4.72. The average molecular weight is 542 g/mol. The second kappa shape index (κ2) is 10.6. The van der Waals surface area contributed by atoms with Crippen molar-refractivity contribution >= 4 is 5.69 Å². The molecule has 3 N–H and O–H groups in total. The van der Waals surface area contributed by atoms with Crippen molar-refractivity contribution in [3.8, 4) is 22.8 Å². The molecular formula is C28H22F4N4O3. The SMILES string of the molecule is [2H]Oc1ccc(-c2cn3c(=O)c(Cc4ccc(F)c(N([2H])OCC(F)(F)F)c4)nc-3c(Cc3ccccc3)n2[2H])cc1. The van der Waals surface area contributed by atoms with Crippen molar-refractivity contribution in [3.63, 3.8) is 0 Å². The van der Waals surface area contributed by atoms with Crippen LogP contribution in [-0.4, -0.2) is 33.9 Å². The maximum Gasteiger partial charge on any atom is 0.414 e. The van der Waals surface area contributed by atoms with Crippen LogP contribution in [-0.2, 0) is 17.7 Å². The molecule has 0 atom stereocenters. The molecule has 39 heavy (non-hydrogen) atoms. The Morgan fingerprint density at radius 1 is 1.08 bits per heavy atom. The van der Waals surface area contributed by atoms with Crippen LogP contribution in [0.4, 0.5) is 23.2 Å². The first kappa shape index (κ1) is 22.4. The Morgan fingerprint density at radius 2 is 1.85 bits per heavy atom. The van der Waals surface area contributed by atoms with E-state index in [9.17, 15) is 22.4 Å². The van der Waals surface area contributed by atoms with E-state index in [-0.39, 0.29) is 29.8 Å². The third-order valence-corrected chi connectivity index (χ3v) is 5.84. The summed E-state index contributed by atoms with van der Waals surface area (Å²) in [6, 6.07) is 19.1. The highest BCUT2D eigenvalue weighted by atomic mass is 19.4. The van der Waals surface area contributed by atoms with Gasteiger partial charge in [0, 0.05) is 19.0 Å². The molecule has 2 aliphatic heterocycles. The van der Waals surface area contributed by atoms with Crippen LogP contribution in [0.1, 0.15) is 22.5 Å². The lowest BCUT2D eigenvalue weighted by molar-refractivity contribution is -0.167. The fourth-order valence-electron chi connectivity index (χ4n) is 4.03. The molecule has 0 amide bonds. The van der Waals surface area contributed by atoms with Crippen molar-refractivity contribution in [2.45, 2.75) is 19.0 Å². The lowest BCUT2D eigenvalue weighted by Gasteiger charge is -2.13. The van der Waals surface area contributed by atoms with Gasteiger partial charge in [-0.15, -0.1) is 0 Å². The summed E-state index contributed by atoms with van der Waals surface area (Å²) in [4.78, 5) is 23.6. The summed E-state index contributed by atoms with van der Waals surface area (Å²) in [5.41, 5.74) is 1.43. The summed E-state index contributed by atoms with van der Waals surface area (Å²) < 4.78 is 76.9. The van der Waals surface area contributed by atoms with Crippen LogP contribution >= 0.6 is 0 Å². The van der Waals surface area contributed by atoms with Crippen LogP contribution in [0, 0.1) is 5.82 Å². The molecule has 0 spiro atoms. The molecule has 2 heterocycles. The third kappa shape index (κ3) is 6.10. The highest BCUT2D eigenvalue weighted by Gasteiger charge is 2.28. The molecule has 3 aromatic rings. The number of rotatable bonds is 9. The van der Waals surface area contributed by atoms with Gasteiger partial charge in [-0.3, -0.25) is 19.7 Å². The van der Waals surface area contributed by atoms with Crippen molar-refractivity contribution < 1.29 is 30.3 Å². The lowest BCUT2D eigenvalue weighted by atomic mass is 10.1. The highest BCUT2D eigenvalue weighted by Crippen LogP contribution is 2.26. The Hall–Kier alpha value is -4.64. The van der Waals surface area contributed by atoms with Crippen molar-refractivity contribution in [1.29, 1.82) is 1.43 Å². The molecule has 0 saturated carbocycles. The van der Waals surface area contributed by atoms with E-state index < -0.39 is 29.8 Å². The number of alkyl halides is 3. The van der Waals surface area contributed by atoms with Crippen molar-refractivity contribution in [2.75, 3.05) is 12.1 Å². The van der Waals surface area contributed by atoms with Crippen LogP contribution < -0.4 is 11.0 Å². The number of fused-ring (bicyclic) bond motifs is 1. The number of aromatic hydroxyl groups is 1. The fourth-order valence-corrected chi connectivity index (χ4v) is 4.03. The number of phenolic OH excluding ortho intramolecular Hbond substituents is 1. The highest BCUT2D eigenvalue weighted by molar-refractivity contribution is 5.61. The molecule has 0 unspecified atom stereocenters. The first-order chi connectivity index (χ1) is 20.0. The summed E-state index contributed by atoms with van der Waals surface area (Å²) in [5, 5.41) is 4.48. The number of imidazole rings is 1. The Balaban J connectivity index is 1.56. The minimum absolute atomic E-state index is 0.0460. The molecule has 0 radical (unpaired) electrons. The smallest absolute Gasteiger partial charge is 0.414 e. The van der Waals surface area contributed by atoms with Gasteiger partial charge in [0.25, 0.3) is 6.99 Å². The van der Waals surface area contributed by atoms with Gasteiger partial charge < -0.3 is 10.1 Å². The third-order valence-electron chi connectivity index (χ3n) is 5.84. The molecule has 0 fully saturated rings. The largest absolute Gasteiger partial charge is 0.508 e. The van der Waals surface area contributed by atoms with Crippen LogP contribution in [0.15, 0.2) is 83.8 Å². The topological polar surface area (TPSA) is 92.2 Å². The number of aromatic nitrogens is 3. The number of nitrogens with zero attached hydrogens (tertiary/aromatic N) is 2. The number of halogens is 4. The second-order valence-electron chi connectivity index (χ2n) is 8.76. The number of phenols is 1. The quantitative estimate of drug-likeness (QED) is 0.167. The molecule has 7 nitrogen and oxygen atoms in total. The van der Waals surface area contributed by atoms with E-state index in [1.54, 1.807) is 24.3 Å². The van der Waals surface area contributed by atoms with E-state index >= 15 is 0 Å². The van der Waals surface area contributed by atoms with Gasteiger partial charge >= 0.3 is 6.18 Å². The van der Waals surface area contributed by atoms with Crippen molar-refractivity contribution in [2.24, 2.45) is 0 Å². The molecule has 5 rings (SSSR count). The minimum Gasteiger partial charge on any atom is -0.508 e. The van der Waals surface area contributed by atoms with E-state index in [2.05, 4.69) is 14.9 Å². The monoisotopic (exact) mass is 541 g/mol. The second-order valence-corrected chi connectivity index (χ2v) is 8.76. The molecule has 0 aromatic heterocycles. The van der Waals surface area contributed by atoms with E-state index in [4.69, 9.17) is 4.25 Å². The summed E-state index contributed by atoms with van der Waals surface area (Å²) in [6.45, 7) is -1.78. The number of aromatic amines is 1. The van der Waals surface area contributed by atoms with Gasteiger partial charge in [0.05, 0.1) is 17.1 Å². The summed E-state index contributed by atoms with van der Waals surface area (Å²) >= 11 is 0. The number of hydrogen-bond acceptors (Lipinski definition) is 5. The molecule has 0 aliphatic carbocycles. The Morgan fingerprint density at radius 3 is 2.56 bits per heavy atom. The van der Waals surface area contributed by atoms with Gasteiger partial charge in [-0.25, -0.2) is 9.37 Å². The molecule has 3 aromatic carbocycles. The molecule has 2 aliphatic rings. The average Bonchev–Trinajstić information content (AvgIpc) is 3.28.